The highest BCUT2D eigenvalue weighted by Crippen LogP contribution is 2.29. The van der Waals surface area contributed by atoms with Crippen LogP contribution in [0, 0.1) is 10.1 Å². The van der Waals surface area contributed by atoms with Crippen LogP contribution < -0.4 is 11.1 Å². The molecule has 0 aromatic heterocycles. The molecule has 0 spiro atoms. The Balaban J connectivity index is 2.79. The Kier molecular flexibility index (Phi) is 3.51. The Morgan fingerprint density at radius 3 is 2.29 bits per heavy atom. The van der Waals surface area contributed by atoms with Crippen LogP contribution in [-0.2, 0) is 6.18 Å². The molecule has 9 heteroatoms. The Bertz CT molecular complexity index is 441. The van der Waals surface area contributed by atoms with Gasteiger partial charge in [0.2, 0.25) is 0 Å². The largest absolute Gasteiger partial charge is 0.416 e. The minimum atomic E-state index is -4.43. The van der Waals surface area contributed by atoms with E-state index in [1.54, 1.807) is 0 Å². The lowest BCUT2D eigenvalue weighted by Crippen LogP contribution is -2.23. The zero-order valence-electron chi connectivity index (χ0n) is 8.23. The van der Waals surface area contributed by atoms with Gasteiger partial charge in [-0.3, -0.25) is 0 Å². The van der Waals surface area contributed by atoms with Gasteiger partial charge in [0, 0.05) is 5.69 Å². The van der Waals surface area contributed by atoms with E-state index in [9.17, 15) is 23.3 Å². The van der Waals surface area contributed by atoms with Crippen molar-refractivity contribution in [2.45, 2.75) is 6.18 Å². The van der Waals surface area contributed by atoms with E-state index in [-0.39, 0.29) is 5.69 Å². The third-order valence-corrected chi connectivity index (χ3v) is 1.67. The van der Waals surface area contributed by atoms with Gasteiger partial charge in [-0.15, -0.1) is 0 Å². The van der Waals surface area contributed by atoms with E-state index in [2.05, 4.69) is 10.4 Å². The summed E-state index contributed by atoms with van der Waals surface area (Å²) in [4.78, 5) is 9.93. The SMILES string of the molecule is NC(=N[N+](=O)[O-])Nc1ccc(C(F)(F)F)cc1. The van der Waals surface area contributed by atoms with Gasteiger partial charge in [0.15, 0.2) is 5.03 Å². The fraction of sp³-hybridized carbons (Fsp3) is 0.125. The molecule has 0 bridgehead atoms. The van der Waals surface area contributed by atoms with Crippen molar-refractivity contribution in [2.75, 3.05) is 5.32 Å². The average Bonchev–Trinajstić information content (AvgIpc) is 2.15. The highest BCUT2D eigenvalue weighted by atomic mass is 19.4. The van der Waals surface area contributed by atoms with Gasteiger partial charge in [-0.25, -0.2) is 10.1 Å². The maximum absolute atomic E-state index is 12.2. The molecule has 1 rings (SSSR count). The van der Waals surface area contributed by atoms with Crippen molar-refractivity contribution in [3.63, 3.8) is 0 Å². The summed E-state index contributed by atoms with van der Waals surface area (Å²) >= 11 is 0. The van der Waals surface area contributed by atoms with Gasteiger partial charge in [0.25, 0.3) is 5.96 Å². The fourth-order valence-electron chi connectivity index (χ4n) is 1.00. The average molecular weight is 248 g/mol. The second-order valence-electron chi connectivity index (χ2n) is 2.92. The van der Waals surface area contributed by atoms with Crippen LogP contribution in [0.4, 0.5) is 18.9 Å². The number of hydrogen-bond donors (Lipinski definition) is 2. The number of nitrogens with two attached hydrogens (primary N) is 1. The minimum Gasteiger partial charge on any atom is -0.364 e. The topological polar surface area (TPSA) is 93.5 Å². The van der Waals surface area contributed by atoms with Gasteiger partial charge in [0.1, 0.15) is 5.10 Å². The first-order valence-electron chi connectivity index (χ1n) is 4.22. The molecular weight excluding hydrogens is 241 g/mol. The van der Waals surface area contributed by atoms with Crippen LogP contribution in [0.25, 0.3) is 0 Å². The monoisotopic (exact) mass is 248 g/mol. The van der Waals surface area contributed by atoms with E-state index in [1.165, 1.54) is 0 Å². The maximum Gasteiger partial charge on any atom is 0.416 e. The quantitative estimate of drug-likeness (QED) is 0.360. The number of nitrogens with zero attached hydrogens (tertiary/aromatic N) is 2. The van der Waals surface area contributed by atoms with Crippen LogP contribution >= 0.6 is 0 Å². The number of anilines is 1. The summed E-state index contributed by atoms with van der Waals surface area (Å²) in [5.74, 6) is -0.519. The molecule has 0 aliphatic rings. The van der Waals surface area contributed by atoms with Crippen molar-refractivity contribution >= 4 is 11.6 Å². The number of benzene rings is 1. The second kappa shape index (κ2) is 4.68. The molecular formula is C8H7F3N4O2. The molecule has 0 atom stereocenters. The van der Waals surface area contributed by atoms with E-state index >= 15 is 0 Å². The lowest BCUT2D eigenvalue weighted by atomic mass is 10.2. The lowest BCUT2D eigenvalue weighted by molar-refractivity contribution is -0.485. The van der Waals surface area contributed by atoms with Crippen LogP contribution in [0.3, 0.4) is 0 Å². The predicted octanol–water partition coefficient (Wildman–Crippen LogP) is 1.62. The normalized spacial score (nSPS) is 12.3. The van der Waals surface area contributed by atoms with Crippen LogP contribution in [0.1, 0.15) is 5.56 Å². The van der Waals surface area contributed by atoms with E-state index in [1.807, 2.05) is 0 Å². The Hall–Kier alpha value is -2.32. The summed E-state index contributed by atoms with van der Waals surface area (Å²) in [7, 11) is 0. The Morgan fingerprint density at radius 2 is 1.88 bits per heavy atom. The van der Waals surface area contributed by atoms with Gasteiger partial charge in [-0.1, -0.05) is 0 Å². The molecule has 0 saturated heterocycles. The van der Waals surface area contributed by atoms with E-state index < -0.39 is 22.7 Å². The minimum absolute atomic E-state index is 0.168. The molecule has 0 unspecified atom stereocenters. The third kappa shape index (κ3) is 3.97. The van der Waals surface area contributed by atoms with Crippen LogP contribution in [0.15, 0.2) is 29.4 Å². The first-order valence-corrected chi connectivity index (χ1v) is 4.22. The first kappa shape index (κ1) is 12.7. The molecule has 1 aromatic carbocycles. The number of rotatable bonds is 2. The van der Waals surface area contributed by atoms with Gasteiger partial charge in [0.05, 0.1) is 5.56 Å². The number of guanidine groups is 1. The Labute approximate surface area is 93.1 Å². The van der Waals surface area contributed by atoms with Crippen molar-refractivity contribution < 1.29 is 18.2 Å². The number of halogens is 3. The zero-order chi connectivity index (χ0) is 13.1. The summed E-state index contributed by atoms with van der Waals surface area (Å²) in [6, 6.07) is 3.82. The van der Waals surface area contributed by atoms with Gasteiger partial charge in [-0.2, -0.15) is 13.2 Å². The lowest BCUT2D eigenvalue weighted by Gasteiger charge is -2.07. The Morgan fingerprint density at radius 1 is 1.35 bits per heavy atom. The van der Waals surface area contributed by atoms with E-state index in [0.717, 1.165) is 24.3 Å². The van der Waals surface area contributed by atoms with Crippen LogP contribution in [0.5, 0.6) is 0 Å². The molecule has 17 heavy (non-hydrogen) atoms. The molecule has 0 fully saturated rings. The molecule has 1 aromatic rings. The molecule has 3 N–H and O–H groups in total. The number of nitrogens with one attached hydrogen (secondary N) is 1. The maximum atomic E-state index is 12.2. The van der Waals surface area contributed by atoms with Crippen LogP contribution in [-0.4, -0.2) is 11.0 Å². The summed E-state index contributed by atoms with van der Waals surface area (Å²) < 4.78 is 36.6. The van der Waals surface area contributed by atoms with Crippen molar-refractivity contribution in [3.05, 3.63) is 39.9 Å². The van der Waals surface area contributed by atoms with Crippen molar-refractivity contribution in [1.82, 2.24) is 0 Å². The van der Waals surface area contributed by atoms with Gasteiger partial charge >= 0.3 is 6.18 Å². The van der Waals surface area contributed by atoms with E-state index in [4.69, 9.17) is 5.73 Å². The summed E-state index contributed by atoms with van der Waals surface area (Å²) in [6.07, 6.45) is -4.43. The molecule has 0 aliphatic heterocycles. The van der Waals surface area contributed by atoms with Crippen molar-refractivity contribution in [1.29, 1.82) is 0 Å². The van der Waals surface area contributed by atoms with Gasteiger partial charge < -0.3 is 11.1 Å². The fourth-order valence-corrected chi connectivity index (χ4v) is 1.00. The van der Waals surface area contributed by atoms with Crippen molar-refractivity contribution in [3.8, 4) is 0 Å². The molecule has 6 nitrogen and oxygen atoms in total. The number of hydrazone groups is 1. The summed E-state index contributed by atoms with van der Waals surface area (Å²) in [5.41, 5.74) is 4.45. The smallest absolute Gasteiger partial charge is 0.364 e. The van der Waals surface area contributed by atoms with Crippen LogP contribution in [0.2, 0.25) is 0 Å². The van der Waals surface area contributed by atoms with E-state index in [0.29, 0.717) is 0 Å². The summed E-state index contributed by atoms with van der Waals surface area (Å²) in [6.45, 7) is 0. The molecule has 92 valence electrons. The molecule has 0 amide bonds. The van der Waals surface area contributed by atoms with Gasteiger partial charge in [-0.05, 0) is 24.3 Å². The highest BCUT2D eigenvalue weighted by Gasteiger charge is 2.29. The molecule has 0 saturated carbocycles. The number of alkyl halides is 3. The number of nitro groups is 1. The third-order valence-electron chi connectivity index (χ3n) is 1.67. The standard InChI is InChI=1S/C8H7F3N4O2/c9-8(10,11)5-1-3-6(4-2-5)13-7(12)14-15(16)17/h1-4H,(H3,12,13,14). The molecule has 0 aliphatic carbocycles. The molecule has 0 heterocycles. The van der Waals surface area contributed by atoms with Crippen molar-refractivity contribution in [2.24, 2.45) is 10.8 Å². The highest BCUT2D eigenvalue weighted by molar-refractivity contribution is 5.91. The molecule has 0 radical (unpaired) electrons. The summed E-state index contributed by atoms with van der Waals surface area (Å²) in [5, 5.41) is 13.9. The predicted molar refractivity (Wildman–Crippen MR) is 53.7 cm³/mol. The second-order valence-corrected chi connectivity index (χ2v) is 2.92. The first-order chi connectivity index (χ1) is 7.79. The number of hydrogen-bond acceptors (Lipinski definition) is 2. The zero-order valence-corrected chi connectivity index (χ0v) is 8.23.